The van der Waals surface area contributed by atoms with Crippen LogP contribution in [0.5, 0.6) is 0 Å². The molecule has 0 saturated carbocycles. The van der Waals surface area contributed by atoms with Crippen molar-refractivity contribution >= 4 is 22.7 Å². The Morgan fingerprint density at radius 2 is 1.58 bits per heavy atom. The monoisotopic (exact) mass is 295 g/mol. The Hall–Kier alpha value is -0.780. The van der Waals surface area contributed by atoms with Gasteiger partial charge in [0.1, 0.15) is 0 Å². The largest absolute Gasteiger partial charge is 0.313 e. The summed E-state index contributed by atoms with van der Waals surface area (Å²) < 4.78 is 0. The van der Waals surface area contributed by atoms with E-state index in [9.17, 15) is 0 Å². The lowest BCUT2D eigenvalue weighted by molar-refractivity contribution is 0.497. The molecule has 1 N–H and O–H groups in total. The first kappa shape index (κ1) is 14.6. The number of rotatable bonds is 7. The molecular formula is C14H21N3S2. The molecular weight excluding hydrogens is 274 g/mol. The fourth-order valence-electron chi connectivity index (χ4n) is 2.07. The van der Waals surface area contributed by atoms with Gasteiger partial charge in [-0.2, -0.15) is 0 Å². The third-order valence-electron chi connectivity index (χ3n) is 2.93. The van der Waals surface area contributed by atoms with Crippen molar-refractivity contribution < 1.29 is 0 Å². The van der Waals surface area contributed by atoms with E-state index in [1.54, 1.807) is 22.7 Å². The molecule has 0 spiro atoms. The molecule has 104 valence electrons. The van der Waals surface area contributed by atoms with E-state index in [0.717, 1.165) is 35.8 Å². The molecule has 0 radical (unpaired) electrons. The van der Waals surface area contributed by atoms with E-state index >= 15 is 0 Å². The number of thiazole rings is 2. The highest BCUT2D eigenvalue weighted by Crippen LogP contribution is 2.14. The van der Waals surface area contributed by atoms with Crippen LogP contribution in [-0.4, -0.2) is 22.6 Å². The molecule has 2 rings (SSSR count). The summed E-state index contributed by atoms with van der Waals surface area (Å²) in [5.74, 6) is 0. The lowest BCUT2D eigenvalue weighted by atomic mass is 10.1. The van der Waals surface area contributed by atoms with E-state index in [1.165, 1.54) is 11.4 Å². The summed E-state index contributed by atoms with van der Waals surface area (Å²) in [6.07, 6.45) is 3.13. The second-order valence-electron chi connectivity index (χ2n) is 4.78. The van der Waals surface area contributed by atoms with E-state index in [1.807, 2.05) is 0 Å². The van der Waals surface area contributed by atoms with Gasteiger partial charge >= 0.3 is 0 Å². The van der Waals surface area contributed by atoms with Crippen LogP contribution in [0.3, 0.4) is 0 Å². The number of aryl methyl sites for hydroxylation is 2. The van der Waals surface area contributed by atoms with Gasteiger partial charge in [0.2, 0.25) is 0 Å². The third-order valence-corrected chi connectivity index (χ3v) is 4.57. The van der Waals surface area contributed by atoms with Crippen LogP contribution in [0.15, 0.2) is 10.8 Å². The van der Waals surface area contributed by atoms with Gasteiger partial charge in [-0.05, 0) is 26.8 Å². The second-order valence-corrected chi connectivity index (χ2v) is 6.90. The Morgan fingerprint density at radius 1 is 1.05 bits per heavy atom. The third kappa shape index (κ3) is 4.67. The molecule has 5 heteroatoms. The van der Waals surface area contributed by atoms with Gasteiger partial charge < -0.3 is 5.32 Å². The lowest BCUT2D eigenvalue weighted by Gasteiger charge is -2.16. The summed E-state index contributed by atoms with van der Waals surface area (Å²) in [6.45, 7) is 7.37. The van der Waals surface area contributed by atoms with Crippen LogP contribution in [0.2, 0.25) is 0 Å². The summed E-state index contributed by atoms with van der Waals surface area (Å²) >= 11 is 3.46. The molecule has 0 aliphatic rings. The number of nitrogens with one attached hydrogen (secondary N) is 1. The van der Waals surface area contributed by atoms with Crippen molar-refractivity contribution in [2.45, 2.75) is 46.1 Å². The maximum absolute atomic E-state index is 4.57. The zero-order chi connectivity index (χ0) is 13.7. The Balaban J connectivity index is 1.98. The quantitative estimate of drug-likeness (QED) is 0.851. The highest BCUT2D eigenvalue weighted by Gasteiger charge is 2.13. The molecule has 19 heavy (non-hydrogen) atoms. The molecule has 0 bridgehead atoms. The molecule has 0 aliphatic carbocycles. The summed E-state index contributed by atoms with van der Waals surface area (Å²) in [5, 5.41) is 10.2. The van der Waals surface area contributed by atoms with Crippen molar-refractivity contribution in [2.75, 3.05) is 6.54 Å². The summed E-state index contributed by atoms with van der Waals surface area (Å²) in [4.78, 5) is 9.13. The minimum absolute atomic E-state index is 0.433. The van der Waals surface area contributed by atoms with Crippen LogP contribution in [0.25, 0.3) is 0 Å². The molecule has 0 fully saturated rings. The van der Waals surface area contributed by atoms with E-state index in [0.29, 0.717) is 6.04 Å². The minimum Gasteiger partial charge on any atom is -0.313 e. The van der Waals surface area contributed by atoms with Gasteiger partial charge in [0.15, 0.2) is 0 Å². The molecule has 2 aromatic heterocycles. The normalized spacial score (nSPS) is 11.4. The van der Waals surface area contributed by atoms with Crippen molar-refractivity contribution in [3.05, 3.63) is 32.2 Å². The van der Waals surface area contributed by atoms with Gasteiger partial charge in [-0.15, -0.1) is 22.7 Å². The molecule has 0 saturated heterocycles. The fraction of sp³-hybridized carbons (Fsp3) is 0.571. The van der Waals surface area contributed by atoms with E-state index in [-0.39, 0.29) is 0 Å². The van der Waals surface area contributed by atoms with Crippen molar-refractivity contribution in [3.63, 3.8) is 0 Å². The second kappa shape index (κ2) is 7.12. The average molecular weight is 295 g/mol. The lowest BCUT2D eigenvalue weighted by Crippen LogP contribution is -2.34. The Bertz CT molecular complexity index is 462. The number of nitrogens with zero attached hydrogens (tertiary/aromatic N) is 2. The van der Waals surface area contributed by atoms with E-state index in [2.05, 4.69) is 46.8 Å². The van der Waals surface area contributed by atoms with Crippen LogP contribution in [0.4, 0.5) is 0 Å². The highest BCUT2D eigenvalue weighted by atomic mass is 32.1. The zero-order valence-electron chi connectivity index (χ0n) is 11.8. The number of hydrogen-bond acceptors (Lipinski definition) is 5. The van der Waals surface area contributed by atoms with Crippen LogP contribution in [-0.2, 0) is 12.8 Å². The van der Waals surface area contributed by atoms with Crippen molar-refractivity contribution in [2.24, 2.45) is 0 Å². The van der Waals surface area contributed by atoms with E-state index < -0.39 is 0 Å². The predicted molar refractivity (Wildman–Crippen MR) is 83.2 cm³/mol. The van der Waals surface area contributed by atoms with Crippen LogP contribution in [0, 0.1) is 13.8 Å². The van der Waals surface area contributed by atoms with Gasteiger partial charge in [-0.1, -0.05) is 6.92 Å². The van der Waals surface area contributed by atoms with Gasteiger partial charge in [-0.25, -0.2) is 9.97 Å². The average Bonchev–Trinajstić information content (AvgIpc) is 2.95. The minimum atomic E-state index is 0.433. The van der Waals surface area contributed by atoms with Gasteiger partial charge in [0.25, 0.3) is 0 Å². The summed E-state index contributed by atoms with van der Waals surface area (Å²) in [5.41, 5.74) is 2.39. The zero-order valence-corrected chi connectivity index (χ0v) is 13.4. The Kier molecular flexibility index (Phi) is 5.48. The first-order valence-corrected chi connectivity index (χ1v) is 8.48. The van der Waals surface area contributed by atoms with Crippen molar-refractivity contribution in [3.8, 4) is 0 Å². The predicted octanol–water partition coefficient (Wildman–Crippen LogP) is 3.37. The molecule has 0 unspecified atom stereocenters. The number of aromatic nitrogens is 2. The summed E-state index contributed by atoms with van der Waals surface area (Å²) in [6, 6.07) is 0.433. The fourth-order valence-corrected chi connectivity index (χ4v) is 3.32. The molecule has 0 aromatic carbocycles. The SMILES string of the molecule is CCCNC(Cc1csc(C)n1)Cc1csc(C)n1. The highest BCUT2D eigenvalue weighted by molar-refractivity contribution is 7.09. The molecule has 0 amide bonds. The summed E-state index contributed by atoms with van der Waals surface area (Å²) in [7, 11) is 0. The Labute approximate surface area is 123 Å². The van der Waals surface area contributed by atoms with Gasteiger partial charge in [0.05, 0.1) is 21.4 Å². The molecule has 0 atom stereocenters. The maximum atomic E-state index is 4.57. The van der Waals surface area contributed by atoms with Gasteiger partial charge in [-0.3, -0.25) is 0 Å². The first-order valence-electron chi connectivity index (χ1n) is 6.72. The standard InChI is InChI=1S/C14H21N3S2/c1-4-5-15-12(6-13-8-18-10(2)16-13)7-14-9-19-11(3)17-14/h8-9,12,15H,4-7H2,1-3H3. The molecule has 2 heterocycles. The maximum Gasteiger partial charge on any atom is 0.0897 e. The number of hydrogen-bond donors (Lipinski definition) is 1. The Morgan fingerprint density at radius 3 is 1.95 bits per heavy atom. The molecule has 2 aromatic rings. The van der Waals surface area contributed by atoms with Crippen molar-refractivity contribution in [1.82, 2.24) is 15.3 Å². The van der Waals surface area contributed by atoms with E-state index in [4.69, 9.17) is 0 Å². The molecule has 3 nitrogen and oxygen atoms in total. The molecule has 0 aliphatic heterocycles. The van der Waals surface area contributed by atoms with Crippen LogP contribution >= 0.6 is 22.7 Å². The van der Waals surface area contributed by atoms with Crippen molar-refractivity contribution in [1.29, 1.82) is 0 Å². The van der Waals surface area contributed by atoms with Gasteiger partial charge in [0, 0.05) is 29.6 Å². The smallest absolute Gasteiger partial charge is 0.0897 e. The first-order chi connectivity index (χ1) is 9.17. The van der Waals surface area contributed by atoms with Crippen LogP contribution < -0.4 is 5.32 Å². The van der Waals surface area contributed by atoms with Crippen LogP contribution in [0.1, 0.15) is 34.7 Å². The topological polar surface area (TPSA) is 37.8 Å².